The van der Waals surface area contributed by atoms with Gasteiger partial charge in [-0.2, -0.15) is 0 Å². The molecular formula is C45H30N2O. The first-order valence-electron chi connectivity index (χ1n) is 16.2. The lowest BCUT2D eigenvalue weighted by Crippen LogP contribution is -2.14. The van der Waals surface area contributed by atoms with Crippen molar-refractivity contribution in [3.05, 3.63) is 168 Å². The predicted octanol–water partition coefficient (Wildman–Crippen LogP) is 12.5. The quantitative estimate of drug-likeness (QED) is 0.185. The minimum Gasteiger partial charge on any atom is -0.455 e. The molecule has 3 heteroatoms. The molecule has 0 bridgehead atoms. The molecule has 0 fully saturated rings. The Hall–Kier alpha value is -6.24. The number of rotatable bonds is 4. The zero-order valence-corrected chi connectivity index (χ0v) is 26.7. The van der Waals surface area contributed by atoms with Gasteiger partial charge in [0.2, 0.25) is 0 Å². The van der Waals surface area contributed by atoms with Crippen molar-refractivity contribution in [3.63, 3.8) is 0 Å². The molecule has 0 aliphatic heterocycles. The van der Waals surface area contributed by atoms with Crippen LogP contribution in [0.3, 0.4) is 0 Å². The Morgan fingerprint density at radius 3 is 1.65 bits per heavy atom. The van der Waals surface area contributed by atoms with Gasteiger partial charge in [0.15, 0.2) is 5.69 Å². The summed E-state index contributed by atoms with van der Waals surface area (Å²) in [6.45, 7) is 12.0. The minimum atomic E-state index is -0.168. The highest BCUT2D eigenvalue weighted by molar-refractivity contribution is 6.13. The lowest BCUT2D eigenvalue weighted by molar-refractivity contribution is 0.661. The molecular weight excluding hydrogens is 585 g/mol. The summed E-state index contributed by atoms with van der Waals surface area (Å²) in [7, 11) is 0. The molecule has 3 nitrogen and oxygen atoms in total. The number of nitrogens with zero attached hydrogens (tertiary/aromatic N) is 2. The molecule has 48 heavy (non-hydrogen) atoms. The fourth-order valence-electron chi connectivity index (χ4n) is 7.47. The van der Waals surface area contributed by atoms with E-state index in [1.54, 1.807) is 6.20 Å². The topological polar surface area (TPSA) is 30.4 Å². The third kappa shape index (κ3) is 4.31. The van der Waals surface area contributed by atoms with E-state index < -0.39 is 0 Å². The number of furan rings is 1. The van der Waals surface area contributed by atoms with E-state index in [4.69, 9.17) is 11.0 Å². The van der Waals surface area contributed by atoms with Gasteiger partial charge in [-0.15, -0.1) is 0 Å². The Kier molecular flexibility index (Phi) is 6.22. The first-order valence-corrected chi connectivity index (χ1v) is 16.2. The van der Waals surface area contributed by atoms with E-state index in [-0.39, 0.29) is 5.41 Å². The van der Waals surface area contributed by atoms with Crippen molar-refractivity contribution in [2.75, 3.05) is 0 Å². The van der Waals surface area contributed by atoms with Gasteiger partial charge in [0.05, 0.1) is 6.57 Å². The maximum absolute atomic E-state index is 7.49. The normalized spacial score (nSPS) is 12.9. The Balaban J connectivity index is 1.07. The van der Waals surface area contributed by atoms with Crippen molar-refractivity contribution in [1.29, 1.82) is 0 Å². The highest BCUT2D eigenvalue weighted by atomic mass is 16.3. The maximum Gasteiger partial charge on any atom is 0.187 e. The molecule has 9 rings (SSSR count). The van der Waals surface area contributed by atoms with Crippen LogP contribution < -0.4 is 0 Å². The number of benzene rings is 6. The van der Waals surface area contributed by atoms with Crippen LogP contribution in [0.1, 0.15) is 25.0 Å². The van der Waals surface area contributed by atoms with Crippen LogP contribution in [-0.4, -0.2) is 4.98 Å². The maximum atomic E-state index is 7.49. The summed E-state index contributed by atoms with van der Waals surface area (Å²) in [6, 6.07) is 47.2. The molecule has 6 aromatic carbocycles. The molecule has 2 heterocycles. The molecule has 8 aromatic rings. The number of hydrogen-bond acceptors (Lipinski definition) is 2. The number of fused-ring (bicyclic) bond motifs is 6. The molecule has 0 N–H and O–H groups in total. The van der Waals surface area contributed by atoms with E-state index in [1.165, 1.54) is 33.4 Å². The molecule has 0 saturated heterocycles. The summed E-state index contributed by atoms with van der Waals surface area (Å²) in [5, 5.41) is 2.23. The summed E-state index contributed by atoms with van der Waals surface area (Å²) >= 11 is 0. The first kappa shape index (κ1) is 28.0. The van der Waals surface area contributed by atoms with Gasteiger partial charge < -0.3 is 4.42 Å². The Labute approximate surface area is 279 Å². The minimum absolute atomic E-state index is 0.168. The third-order valence-electron chi connectivity index (χ3n) is 10.0. The summed E-state index contributed by atoms with van der Waals surface area (Å²) < 4.78 is 6.75. The summed E-state index contributed by atoms with van der Waals surface area (Å²) in [5.74, 6) is 0. The molecule has 0 unspecified atom stereocenters. The summed E-state index contributed by atoms with van der Waals surface area (Å²) in [6.07, 6.45) is 3.69. The van der Waals surface area contributed by atoms with Gasteiger partial charge >= 0.3 is 0 Å². The van der Waals surface area contributed by atoms with Crippen LogP contribution in [0.2, 0.25) is 0 Å². The first-order chi connectivity index (χ1) is 23.5. The summed E-state index contributed by atoms with van der Waals surface area (Å²) in [5.41, 5.74) is 16.3. The second-order valence-corrected chi connectivity index (χ2v) is 13.1. The van der Waals surface area contributed by atoms with Crippen LogP contribution in [0, 0.1) is 6.57 Å². The van der Waals surface area contributed by atoms with Gasteiger partial charge in [-0.1, -0.05) is 135 Å². The molecule has 0 saturated carbocycles. The second kappa shape index (κ2) is 10.7. The standard InChI is InChI=1S/C45H30N2O/c1-45(2)41-25-32(20-22-37(41)38-23-21-34(46-3)26-42(38)45)28-12-16-30(17-13-28)35-8-4-10-39-40-11-5-9-36(44(40)48-43(35)39)31-18-14-29(15-19-31)33-7-6-24-47-27-33/h4-27H,1-2H3. The molecule has 0 amide bonds. The van der Waals surface area contributed by atoms with Crippen LogP contribution in [0.5, 0.6) is 0 Å². The third-order valence-corrected chi connectivity index (χ3v) is 10.0. The molecule has 2 aromatic heterocycles. The average molecular weight is 615 g/mol. The number of pyridine rings is 1. The van der Waals surface area contributed by atoms with Crippen molar-refractivity contribution in [2.24, 2.45) is 0 Å². The molecule has 0 atom stereocenters. The van der Waals surface area contributed by atoms with E-state index in [1.807, 2.05) is 18.3 Å². The van der Waals surface area contributed by atoms with Crippen molar-refractivity contribution < 1.29 is 4.42 Å². The van der Waals surface area contributed by atoms with E-state index in [9.17, 15) is 0 Å². The van der Waals surface area contributed by atoms with Gasteiger partial charge in [0, 0.05) is 39.7 Å². The fraction of sp³-hybridized carbons (Fsp3) is 0.0667. The molecule has 1 aliphatic carbocycles. The number of aromatic nitrogens is 1. The molecule has 226 valence electrons. The van der Waals surface area contributed by atoms with Gasteiger partial charge in [-0.25, -0.2) is 4.85 Å². The molecule has 1 aliphatic rings. The molecule has 0 radical (unpaired) electrons. The van der Waals surface area contributed by atoms with Gasteiger partial charge in [0.1, 0.15) is 11.2 Å². The van der Waals surface area contributed by atoms with Gasteiger partial charge in [-0.3, -0.25) is 4.98 Å². The van der Waals surface area contributed by atoms with E-state index >= 15 is 0 Å². The highest BCUT2D eigenvalue weighted by Crippen LogP contribution is 2.50. The van der Waals surface area contributed by atoms with Crippen molar-refractivity contribution in [1.82, 2.24) is 4.98 Å². The van der Waals surface area contributed by atoms with E-state index in [0.717, 1.165) is 55.3 Å². The Bertz CT molecular complexity index is 2570. The summed E-state index contributed by atoms with van der Waals surface area (Å²) in [4.78, 5) is 7.95. The van der Waals surface area contributed by atoms with Crippen molar-refractivity contribution >= 4 is 27.6 Å². The smallest absolute Gasteiger partial charge is 0.187 e. The van der Waals surface area contributed by atoms with Gasteiger partial charge in [0.25, 0.3) is 0 Å². The molecule has 0 spiro atoms. The largest absolute Gasteiger partial charge is 0.455 e. The Morgan fingerprint density at radius 1 is 0.521 bits per heavy atom. The fourth-order valence-corrected chi connectivity index (χ4v) is 7.47. The van der Waals surface area contributed by atoms with Crippen LogP contribution >= 0.6 is 0 Å². The van der Waals surface area contributed by atoms with Crippen molar-refractivity contribution in [3.8, 4) is 55.6 Å². The zero-order chi connectivity index (χ0) is 32.4. The zero-order valence-electron chi connectivity index (χ0n) is 26.7. The lowest BCUT2D eigenvalue weighted by atomic mass is 9.81. The van der Waals surface area contributed by atoms with E-state index in [0.29, 0.717) is 5.69 Å². The van der Waals surface area contributed by atoms with Gasteiger partial charge in [-0.05, 0) is 67.8 Å². The Morgan fingerprint density at radius 2 is 1.06 bits per heavy atom. The van der Waals surface area contributed by atoms with Crippen LogP contribution in [0.15, 0.2) is 150 Å². The predicted molar refractivity (Wildman–Crippen MR) is 197 cm³/mol. The van der Waals surface area contributed by atoms with Crippen LogP contribution in [-0.2, 0) is 5.41 Å². The average Bonchev–Trinajstić information content (AvgIpc) is 3.64. The van der Waals surface area contributed by atoms with E-state index in [2.05, 4.69) is 145 Å². The SMILES string of the molecule is [C-]#[N+]c1ccc2c(c1)C(C)(C)c1cc(-c3ccc(-c4cccc5c4oc4c(-c6ccc(-c7cccnc7)cc6)cccc45)cc3)ccc1-2. The number of para-hydroxylation sites is 2. The second-order valence-electron chi connectivity index (χ2n) is 13.1. The van der Waals surface area contributed by atoms with Crippen LogP contribution in [0.25, 0.3) is 82.4 Å². The monoisotopic (exact) mass is 614 g/mol. The highest BCUT2D eigenvalue weighted by Gasteiger charge is 2.35. The number of hydrogen-bond donors (Lipinski definition) is 0. The van der Waals surface area contributed by atoms with Crippen LogP contribution in [0.4, 0.5) is 5.69 Å². The van der Waals surface area contributed by atoms with Crippen molar-refractivity contribution in [2.45, 2.75) is 19.3 Å². The lowest BCUT2D eigenvalue weighted by Gasteiger charge is -2.22.